The normalized spacial score (nSPS) is 29.8. The standard InChI is InChI=1S/C16H29NO2/c1-8-10-17-15(4,5)11-12(3)14(16(17,6)7)19-13(18)9-2/h9,12,14H,2,8,10-11H2,1,3-7H3. The molecule has 0 spiro atoms. The first kappa shape index (κ1) is 16.2. The Kier molecular flexibility index (Phi) is 4.83. The number of rotatable bonds is 4. The predicted molar refractivity (Wildman–Crippen MR) is 79.0 cm³/mol. The van der Waals surface area contributed by atoms with Crippen molar-refractivity contribution in [2.24, 2.45) is 5.92 Å². The van der Waals surface area contributed by atoms with Crippen LogP contribution in [0, 0.1) is 5.92 Å². The van der Waals surface area contributed by atoms with Gasteiger partial charge in [-0.25, -0.2) is 4.79 Å². The lowest BCUT2D eigenvalue weighted by molar-refractivity contribution is -0.175. The number of likely N-dealkylation sites (tertiary alicyclic amines) is 1. The Balaban J connectivity index is 3.05. The molecule has 1 rings (SSSR count). The highest BCUT2D eigenvalue weighted by molar-refractivity contribution is 5.81. The maximum atomic E-state index is 11.6. The SMILES string of the molecule is C=CC(=O)OC1C(C)CC(C)(C)N(CCC)C1(C)C. The molecule has 1 heterocycles. The van der Waals surface area contributed by atoms with E-state index in [1.54, 1.807) is 0 Å². The fraction of sp³-hybridized carbons (Fsp3) is 0.812. The number of hydrogen-bond acceptors (Lipinski definition) is 3. The Bertz CT molecular complexity index is 347. The summed E-state index contributed by atoms with van der Waals surface area (Å²) in [6.45, 7) is 17.8. The smallest absolute Gasteiger partial charge is 0.330 e. The first-order valence-corrected chi connectivity index (χ1v) is 7.27. The summed E-state index contributed by atoms with van der Waals surface area (Å²) in [4.78, 5) is 14.1. The van der Waals surface area contributed by atoms with Gasteiger partial charge in [-0.2, -0.15) is 0 Å². The van der Waals surface area contributed by atoms with Crippen molar-refractivity contribution in [3.63, 3.8) is 0 Å². The number of piperidine rings is 1. The van der Waals surface area contributed by atoms with Gasteiger partial charge in [0.15, 0.2) is 0 Å². The molecule has 0 aromatic rings. The number of ether oxygens (including phenoxy) is 1. The van der Waals surface area contributed by atoms with E-state index in [0.717, 1.165) is 19.4 Å². The molecular weight excluding hydrogens is 238 g/mol. The minimum Gasteiger partial charge on any atom is -0.457 e. The van der Waals surface area contributed by atoms with E-state index in [9.17, 15) is 4.79 Å². The van der Waals surface area contributed by atoms with Gasteiger partial charge in [0.05, 0.1) is 5.54 Å². The van der Waals surface area contributed by atoms with Crippen LogP contribution < -0.4 is 0 Å². The molecule has 110 valence electrons. The Hall–Kier alpha value is -0.830. The molecule has 0 aromatic heterocycles. The average molecular weight is 267 g/mol. The van der Waals surface area contributed by atoms with Gasteiger partial charge in [0.2, 0.25) is 0 Å². The monoisotopic (exact) mass is 267 g/mol. The second-order valence-electron chi connectivity index (χ2n) is 6.86. The highest BCUT2D eigenvalue weighted by Gasteiger charge is 2.51. The van der Waals surface area contributed by atoms with Gasteiger partial charge < -0.3 is 4.74 Å². The lowest BCUT2D eigenvalue weighted by atomic mass is 9.72. The van der Waals surface area contributed by atoms with Crippen LogP contribution in [0.2, 0.25) is 0 Å². The predicted octanol–water partition coefficient (Wildman–Crippen LogP) is 3.39. The first-order valence-electron chi connectivity index (χ1n) is 7.27. The van der Waals surface area contributed by atoms with Crippen molar-refractivity contribution < 1.29 is 9.53 Å². The molecule has 1 saturated heterocycles. The van der Waals surface area contributed by atoms with Gasteiger partial charge in [0, 0.05) is 11.6 Å². The van der Waals surface area contributed by atoms with Crippen LogP contribution in [0.25, 0.3) is 0 Å². The van der Waals surface area contributed by atoms with E-state index in [4.69, 9.17) is 4.74 Å². The molecule has 1 aliphatic heterocycles. The van der Waals surface area contributed by atoms with E-state index < -0.39 is 0 Å². The van der Waals surface area contributed by atoms with E-state index in [1.807, 2.05) is 0 Å². The number of carbonyl (C=O) groups is 1. The van der Waals surface area contributed by atoms with E-state index >= 15 is 0 Å². The van der Waals surface area contributed by atoms with Gasteiger partial charge in [0.1, 0.15) is 6.10 Å². The molecule has 0 N–H and O–H groups in total. The van der Waals surface area contributed by atoms with Crippen molar-refractivity contribution in [2.75, 3.05) is 6.54 Å². The Morgan fingerprint density at radius 1 is 1.42 bits per heavy atom. The van der Waals surface area contributed by atoms with Crippen LogP contribution in [0.1, 0.15) is 54.4 Å². The van der Waals surface area contributed by atoms with Crippen molar-refractivity contribution in [3.05, 3.63) is 12.7 Å². The van der Waals surface area contributed by atoms with Gasteiger partial charge in [0.25, 0.3) is 0 Å². The van der Waals surface area contributed by atoms with Crippen LogP contribution in [0.15, 0.2) is 12.7 Å². The minimum atomic E-state index is -0.318. The number of nitrogens with zero attached hydrogens (tertiary/aromatic N) is 1. The molecule has 0 saturated carbocycles. The maximum absolute atomic E-state index is 11.6. The lowest BCUT2D eigenvalue weighted by Crippen LogP contribution is -2.67. The lowest BCUT2D eigenvalue weighted by Gasteiger charge is -2.58. The summed E-state index contributed by atoms with van der Waals surface area (Å²) >= 11 is 0. The van der Waals surface area contributed by atoms with E-state index in [0.29, 0.717) is 5.92 Å². The first-order chi connectivity index (χ1) is 8.66. The van der Waals surface area contributed by atoms with Crippen LogP contribution in [-0.4, -0.2) is 34.6 Å². The van der Waals surface area contributed by atoms with Gasteiger partial charge >= 0.3 is 5.97 Å². The van der Waals surface area contributed by atoms with Crippen molar-refractivity contribution >= 4 is 5.97 Å². The summed E-state index contributed by atoms with van der Waals surface area (Å²) in [7, 11) is 0. The van der Waals surface area contributed by atoms with Gasteiger partial charge in [-0.15, -0.1) is 0 Å². The topological polar surface area (TPSA) is 29.5 Å². The molecular formula is C16H29NO2. The maximum Gasteiger partial charge on any atom is 0.330 e. The third-order valence-electron chi connectivity index (χ3n) is 4.32. The highest BCUT2D eigenvalue weighted by Crippen LogP contribution is 2.42. The Labute approximate surface area is 118 Å². The molecule has 3 nitrogen and oxygen atoms in total. The van der Waals surface area contributed by atoms with Crippen molar-refractivity contribution in [1.29, 1.82) is 0 Å². The van der Waals surface area contributed by atoms with E-state index in [1.165, 1.54) is 6.08 Å². The molecule has 2 unspecified atom stereocenters. The molecule has 0 aliphatic carbocycles. The van der Waals surface area contributed by atoms with Crippen molar-refractivity contribution in [1.82, 2.24) is 4.90 Å². The molecule has 0 radical (unpaired) electrons. The zero-order valence-corrected chi connectivity index (χ0v) is 13.3. The summed E-state index contributed by atoms with van der Waals surface area (Å²) in [5.41, 5.74) is -0.0220. The third kappa shape index (κ3) is 3.19. The summed E-state index contributed by atoms with van der Waals surface area (Å²) in [5, 5.41) is 0. The number of hydrogen-bond donors (Lipinski definition) is 0. The molecule has 0 aromatic carbocycles. The summed E-state index contributed by atoms with van der Waals surface area (Å²) < 4.78 is 5.64. The molecule has 3 heteroatoms. The second kappa shape index (κ2) is 5.66. The van der Waals surface area contributed by atoms with E-state index in [-0.39, 0.29) is 23.2 Å². The molecule has 2 atom stereocenters. The molecule has 0 bridgehead atoms. The fourth-order valence-corrected chi connectivity index (χ4v) is 3.88. The third-order valence-corrected chi connectivity index (χ3v) is 4.32. The Morgan fingerprint density at radius 3 is 2.47 bits per heavy atom. The second-order valence-corrected chi connectivity index (χ2v) is 6.86. The van der Waals surface area contributed by atoms with Crippen LogP contribution in [-0.2, 0) is 9.53 Å². The van der Waals surface area contributed by atoms with Crippen LogP contribution in [0.4, 0.5) is 0 Å². The fourth-order valence-electron chi connectivity index (χ4n) is 3.88. The summed E-state index contributed by atoms with van der Waals surface area (Å²) in [6.07, 6.45) is 3.30. The van der Waals surface area contributed by atoms with Gasteiger partial charge in [-0.3, -0.25) is 4.90 Å². The van der Waals surface area contributed by atoms with Crippen LogP contribution in [0.5, 0.6) is 0 Å². The molecule has 1 aliphatic rings. The summed E-state index contributed by atoms with van der Waals surface area (Å²) in [5.74, 6) is 0.0306. The van der Waals surface area contributed by atoms with Crippen molar-refractivity contribution in [3.8, 4) is 0 Å². The molecule has 19 heavy (non-hydrogen) atoms. The van der Waals surface area contributed by atoms with Crippen LogP contribution >= 0.6 is 0 Å². The van der Waals surface area contributed by atoms with Gasteiger partial charge in [-0.1, -0.05) is 20.4 Å². The van der Waals surface area contributed by atoms with Crippen molar-refractivity contribution in [2.45, 2.75) is 71.6 Å². The molecule has 1 fully saturated rings. The van der Waals surface area contributed by atoms with Gasteiger partial charge in [-0.05, 0) is 53.0 Å². The zero-order chi connectivity index (χ0) is 14.8. The largest absolute Gasteiger partial charge is 0.457 e. The Morgan fingerprint density at radius 2 is 2.00 bits per heavy atom. The summed E-state index contributed by atoms with van der Waals surface area (Å²) in [6, 6.07) is 0. The zero-order valence-electron chi connectivity index (χ0n) is 13.3. The quantitative estimate of drug-likeness (QED) is 0.577. The van der Waals surface area contributed by atoms with E-state index in [2.05, 4.69) is 53.0 Å². The molecule has 0 amide bonds. The highest BCUT2D eigenvalue weighted by atomic mass is 16.5. The van der Waals surface area contributed by atoms with Crippen LogP contribution in [0.3, 0.4) is 0 Å². The minimum absolute atomic E-state index is 0.0856. The number of esters is 1. The average Bonchev–Trinajstić information content (AvgIpc) is 2.29. The number of carbonyl (C=O) groups excluding carboxylic acids is 1.